The lowest BCUT2D eigenvalue weighted by Crippen LogP contribution is -2.15. The van der Waals surface area contributed by atoms with E-state index in [2.05, 4.69) is 20.5 Å². The van der Waals surface area contributed by atoms with Gasteiger partial charge in [-0.3, -0.25) is 14.3 Å². The summed E-state index contributed by atoms with van der Waals surface area (Å²) >= 11 is 1.28. The van der Waals surface area contributed by atoms with Crippen LogP contribution in [0.2, 0.25) is 0 Å². The van der Waals surface area contributed by atoms with Crippen molar-refractivity contribution in [1.29, 1.82) is 0 Å². The number of pyridine rings is 1. The Morgan fingerprint density at radius 3 is 2.50 bits per heavy atom. The number of carbonyl (C=O) groups excluding carboxylic acids is 2. The molecule has 2 aromatic carbocycles. The van der Waals surface area contributed by atoms with Crippen molar-refractivity contribution in [2.24, 2.45) is 0 Å². The molecule has 1 amide bonds. The Balaban J connectivity index is 1.45. The average molecular weight is 474 g/mol. The smallest absolute Gasteiger partial charge is 0.338 e. The maximum Gasteiger partial charge on any atom is 0.338 e. The summed E-state index contributed by atoms with van der Waals surface area (Å²) in [5.41, 5.74) is 2.76. The van der Waals surface area contributed by atoms with E-state index in [0.717, 1.165) is 17.7 Å². The van der Waals surface area contributed by atoms with Crippen molar-refractivity contribution >= 4 is 29.3 Å². The summed E-state index contributed by atoms with van der Waals surface area (Å²) in [6.45, 7) is 2.32. The van der Waals surface area contributed by atoms with Gasteiger partial charge in [0.1, 0.15) is 0 Å². The molecular formula is C25H23N5O3S. The number of nitrogens with zero attached hydrogens (tertiary/aromatic N) is 4. The summed E-state index contributed by atoms with van der Waals surface area (Å²) in [6, 6.07) is 20.1. The van der Waals surface area contributed by atoms with Crippen LogP contribution in [0.1, 0.15) is 23.7 Å². The van der Waals surface area contributed by atoms with E-state index in [1.54, 1.807) is 36.7 Å². The molecule has 2 heterocycles. The number of aromatic nitrogens is 4. The van der Waals surface area contributed by atoms with Crippen LogP contribution >= 0.6 is 11.8 Å². The molecule has 0 aliphatic heterocycles. The van der Waals surface area contributed by atoms with Crippen molar-refractivity contribution in [2.45, 2.75) is 18.5 Å². The molecule has 0 radical (unpaired) electrons. The predicted octanol–water partition coefficient (Wildman–Crippen LogP) is 4.63. The van der Waals surface area contributed by atoms with Gasteiger partial charge in [0.25, 0.3) is 0 Å². The van der Waals surface area contributed by atoms with Crippen LogP contribution in [0.4, 0.5) is 5.69 Å². The minimum absolute atomic E-state index is 0.137. The van der Waals surface area contributed by atoms with Gasteiger partial charge < -0.3 is 10.1 Å². The van der Waals surface area contributed by atoms with Gasteiger partial charge in [-0.25, -0.2) is 4.79 Å². The van der Waals surface area contributed by atoms with E-state index < -0.39 is 0 Å². The van der Waals surface area contributed by atoms with Gasteiger partial charge in [0.15, 0.2) is 11.0 Å². The molecule has 34 heavy (non-hydrogen) atoms. The first-order chi connectivity index (χ1) is 16.7. The molecule has 0 unspecified atom stereocenters. The van der Waals surface area contributed by atoms with Crippen LogP contribution in [-0.4, -0.2) is 44.0 Å². The fraction of sp³-hybridized carbons (Fsp3) is 0.160. The fourth-order valence-corrected chi connectivity index (χ4v) is 3.90. The molecule has 4 rings (SSSR count). The van der Waals surface area contributed by atoms with Gasteiger partial charge in [0.2, 0.25) is 5.91 Å². The average Bonchev–Trinajstić information content (AvgIpc) is 3.31. The molecule has 0 bridgehead atoms. The minimum atomic E-state index is -0.375. The van der Waals surface area contributed by atoms with Crippen LogP contribution in [0, 0.1) is 0 Å². The first-order valence-electron chi connectivity index (χ1n) is 10.8. The highest BCUT2D eigenvalue weighted by Gasteiger charge is 2.17. The van der Waals surface area contributed by atoms with E-state index in [4.69, 9.17) is 4.74 Å². The molecule has 0 aliphatic rings. The normalized spacial score (nSPS) is 10.6. The number of rotatable bonds is 9. The Labute approximate surface area is 201 Å². The Morgan fingerprint density at radius 2 is 1.79 bits per heavy atom. The summed E-state index contributed by atoms with van der Waals surface area (Å²) < 4.78 is 7.03. The summed E-state index contributed by atoms with van der Waals surface area (Å²) in [5, 5.41) is 12.1. The first-order valence-corrected chi connectivity index (χ1v) is 11.8. The van der Waals surface area contributed by atoms with Crippen LogP contribution in [0.3, 0.4) is 0 Å². The Kier molecular flexibility index (Phi) is 7.67. The number of benzene rings is 2. The topological polar surface area (TPSA) is 99.0 Å². The molecule has 0 spiro atoms. The monoisotopic (exact) mass is 473 g/mol. The zero-order valence-electron chi connectivity index (χ0n) is 18.5. The highest BCUT2D eigenvalue weighted by molar-refractivity contribution is 7.99. The standard InChI is InChI=1S/C25H23N5O3S/c1-2-15-33-24(32)18-10-12-20(13-11-18)27-22(31)17-34-25-29-28-23(19-7-6-14-26-16-19)30(25)21-8-4-3-5-9-21/h3-14,16H,2,15,17H2,1H3,(H,27,31). The maximum atomic E-state index is 12.6. The summed E-state index contributed by atoms with van der Waals surface area (Å²) in [6.07, 6.45) is 4.19. The zero-order chi connectivity index (χ0) is 23.8. The molecule has 0 fully saturated rings. The third-order valence-corrected chi connectivity index (χ3v) is 5.67. The highest BCUT2D eigenvalue weighted by atomic mass is 32.2. The number of anilines is 1. The second-order valence-electron chi connectivity index (χ2n) is 7.27. The SMILES string of the molecule is CCCOC(=O)c1ccc(NC(=O)CSc2nnc(-c3cccnc3)n2-c2ccccc2)cc1. The van der Waals surface area contributed by atoms with Gasteiger partial charge in [-0.05, 0) is 55.0 Å². The van der Waals surface area contributed by atoms with E-state index in [1.807, 2.05) is 54.0 Å². The van der Waals surface area contributed by atoms with Crippen LogP contribution in [0.5, 0.6) is 0 Å². The fourth-order valence-electron chi connectivity index (χ4n) is 3.15. The van der Waals surface area contributed by atoms with Crippen LogP contribution < -0.4 is 5.32 Å². The Bertz CT molecular complexity index is 1240. The lowest BCUT2D eigenvalue weighted by atomic mass is 10.2. The second kappa shape index (κ2) is 11.2. The van der Waals surface area contributed by atoms with E-state index in [-0.39, 0.29) is 17.6 Å². The summed E-state index contributed by atoms with van der Waals surface area (Å²) in [7, 11) is 0. The van der Waals surface area contributed by atoms with Crippen LogP contribution in [0.25, 0.3) is 17.1 Å². The number of amides is 1. The molecule has 1 N–H and O–H groups in total. The van der Waals surface area contributed by atoms with E-state index in [0.29, 0.717) is 28.8 Å². The maximum absolute atomic E-state index is 12.6. The number of nitrogens with one attached hydrogen (secondary N) is 1. The largest absolute Gasteiger partial charge is 0.462 e. The lowest BCUT2D eigenvalue weighted by molar-refractivity contribution is -0.113. The van der Waals surface area contributed by atoms with Crippen LogP contribution in [0.15, 0.2) is 84.3 Å². The molecule has 0 saturated heterocycles. The number of para-hydroxylation sites is 1. The zero-order valence-corrected chi connectivity index (χ0v) is 19.4. The van der Waals surface area contributed by atoms with E-state index in [1.165, 1.54) is 11.8 Å². The molecule has 2 aromatic heterocycles. The Hall–Kier alpha value is -3.98. The number of carbonyl (C=O) groups is 2. The highest BCUT2D eigenvalue weighted by Crippen LogP contribution is 2.27. The van der Waals surface area contributed by atoms with Gasteiger partial charge in [0.05, 0.1) is 17.9 Å². The van der Waals surface area contributed by atoms with Crippen molar-refractivity contribution < 1.29 is 14.3 Å². The van der Waals surface area contributed by atoms with Gasteiger partial charge in [0, 0.05) is 29.3 Å². The number of esters is 1. The van der Waals surface area contributed by atoms with Crippen LogP contribution in [-0.2, 0) is 9.53 Å². The third-order valence-electron chi connectivity index (χ3n) is 4.74. The van der Waals surface area contributed by atoms with Gasteiger partial charge >= 0.3 is 5.97 Å². The number of thioether (sulfide) groups is 1. The second-order valence-corrected chi connectivity index (χ2v) is 8.21. The van der Waals surface area contributed by atoms with E-state index >= 15 is 0 Å². The quantitative estimate of drug-likeness (QED) is 0.280. The van der Waals surface area contributed by atoms with Gasteiger partial charge in [-0.2, -0.15) is 0 Å². The third kappa shape index (κ3) is 5.68. The molecule has 0 atom stereocenters. The van der Waals surface area contributed by atoms with Crippen molar-refractivity contribution in [1.82, 2.24) is 19.7 Å². The molecule has 0 aliphatic carbocycles. The molecule has 9 heteroatoms. The molecular weight excluding hydrogens is 450 g/mol. The lowest BCUT2D eigenvalue weighted by Gasteiger charge is -2.10. The van der Waals surface area contributed by atoms with Gasteiger partial charge in [-0.15, -0.1) is 10.2 Å². The predicted molar refractivity (Wildman–Crippen MR) is 131 cm³/mol. The molecule has 8 nitrogen and oxygen atoms in total. The van der Waals surface area contributed by atoms with Gasteiger partial charge in [-0.1, -0.05) is 36.9 Å². The minimum Gasteiger partial charge on any atom is -0.462 e. The summed E-state index contributed by atoms with van der Waals surface area (Å²) in [5.74, 6) is 0.211. The number of ether oxygens (including phenoxy) is 1. The first kappa shape index (κ1) is 23.2. The number of hydrogen-bond donors (Lipinski definition) is 1. The Morgan fingerprint density at radius 1 is 1.00 bits per heavy atom. The molecule has 172 valence electrons. The van der Waals surface area contributed by atoms with E-state index in [9.17, 15) is 9.59 Å². The van der Waals surface area contributed by atoms with Crippen molar-refractivity contribution in [2.75, 3.05) is 17.7 Å². The number of hydrogen-bond acceptors (Lipinski definition) is 7. The molecule has 0 saturated carbocycles. The van der Waals surface area contributed by atoms with Crippen molar-refractivity contribution in [3.8, 4) is 17.1 Å². The summed E-state index contributed by atoms with van der Waals surface area (Å²) in [4.78, 5) is 28.7. The molecule has 4 aromatic rings. The van der Waals surface area contributed by atoms with Crippen molar-refractivity contribution in [3.05, 3.63) is 84.7 Å². The van der Waals surface area contributed by atoms with Crippen molar-refractivity contribution in [3.63, 3.8) is 0 Å².